The lowest BCUT2D eigenvalue weighted by Crippen LogP contribution is -2.33. The Bertz CT molecular complexity index is 864. The summed E-state index contributed by atoms with van der Waals surface area (Å²) in [6, 6.07) is 7.31. The predicted octanol–water partition coefficient (Wildman–Crippen LogP) is 2.90. The minimum absolute atomic E-state index is 0.0651. The van der Waals surface area contributed by atoms with Gasteiger partial charge in [0, 0.05) is 30.7 Å². The van der Waals surface area contributed by atoms with Crippen molar-refractivity contribution in [3.63, 3.8) is 0 Å². The summed E-state index contributed by atoms with van der Waals surface area (Å²) in [6.07, 6.45) is 8.26. The molecule has 0 unspecified atom stereocenters. The molecular formula is C19H22N4O2. The van der Waals surface area contributed by atoms with Crippen LogP contribution in [0.15, 0.2) is 47.4 Å². The monoisotopic (exact) mass is 338 g/mol. The van der Waals surface area contributed by atoms with E-state index in [9.17, 15) is 9.59 Å². The number of aryl methyl sites for hydroxylation is 1. The number of hydrogen-bond acceptors (Lipinski definition) is 2. The molecule has 2 amide bonds. The second-order valence-electron chi connectivity index (χ2n) is 6.92. The smallest absolute Gasteiger partial charge is 0.324 e. The molecule has 1 fully saturated rings. The van der Waals surface area contributed by atoms with Gasteiger partial charge < -0.3 is 15.2 Å². The fraction of sp³-hybridized carbons (Fsp3) is 0.368. The molecule has 0 saturated carbocycles. The predicted molar refractivity (Wildman–Crippen MR) is 97.1 cm³/mol. The quantitative estimate of drug-likeness (QED) is 0.827. The molecule has 2 N–H and O–H groups in total. The van der Waals surface area contributed by atoms with E-state index in [0.717, 1.165) is 37.3 Å². The molecule has 1 aliphatic heterocycles. The average Bonchev–Trinajstić information content (AvgIpc) is 3.18. The number of rotatable bonds is 2. The van der Waals surface area contributed by atoms with E-state index in [1.165, 1.54) is 0 Å². The van der Waals surface area contributed by atoms with Gasteiger partial charge in [-0.2, -0.15) is 0 Å². The minimum Gasteiger partial charge on any atom is -0.324 e. The van der Waals surface area contributed by atoms with E-state index in [1.54, 1.807) is 10.8 Å². The first-order chi connectivity index (χ1) is 12.1. The molecule has 4 rings (SSSR count). The van der Waals surface area contributed by atoms with Crippen LogP contribution in [0.4, 0.5) is 10.5 Å². The summed E-state index contributed by atoms with van der Waals surface area (Å²) in [6.45, 7) is 3.50. The van der Waals surface area contributed by atoms with Crippen LogP contribution in [-0.2, 0) is 0 Å². The lowest BCUT2D eigenvalue weighted by Gasteiger charge is -2.17. The van der Waals surface area contributed by atoms with Crippen molar-refractivity contribution in [2.24, 2.45) is 11.8 Å². The number of urea groups is 1. The summed E-state index contributed by atoms with van der Waals surface area (Å²) in [5.41, 5.74) is 2.07. The number of allylic oxidation sites excluding steroid dienone is 2. The highest BCUT2D eigenvalue weighted by Gasteiger charge is 2.35. The molecule has 1 aliphatic carbocycles. The number of H-pyrrole nitrogens is 1. The molecule has 2 aliphatic rings. The van der Waals surface area contributed by atoms with Crippen LogP contribution in [0.5, 0.6) is 0 Å². The van der Waals surface area contributed by atoms with Gasteiger partial charge >= 0.3 is 11.7 Å². The Balaban J connectivity index is 1.49. The Kier molecular flexibility index (Phi) is 3.95. The van der Waals surface area contributed by atoms with Gasteiger partial charge in [-0.3, -0.25) is 4.57 Å². The zero-order valence-electron chi connectivity index (χ0n) is 14.2. The topological polar surface area (TPSA) is 70.1 Å². The standard InChI is InChI=1S/C19H22N4O2/c1-13-10-20-18(24)23(13)17-8-4-7-16(9-17)21-19(25)22-11-14-5-2-3-6-15(14)12-22/h2-4,7-10,14-15H,5-6,11-12H2,1H3,(H,20,24)(H,21,25)/t14-,15+. The Labute approximate surface area is 146 Å². The van der Waals surface area contributed by atoms with E-state index in [1.807, 2.05) is 36.1 Å². The fourth-order valence-electron chi connectivity index (χ4n) is 3.88. The number of carbonyl (C=O) groups excluding carboxylic acids is 1. The Morgan fingerprint density at radius 2 is 1.92 bits per heavy atom. The van der Waals surface area contributed by atoms with Crippen molar-refractivity contribution in [3.05, 3.63) is 58.8 Å². The molecule has 1 saturated heterocycles. The number of carbonyl (C=O) groups is 1. The highest BCUT2D eigenvalue weighted by molar-refractivity contribution is 5.89. The van der Waals surface area contributed by atoms with Gasteiger partial charge in [0.05, 0.1) is 5.69 Å². The Morgan fingerprint density at radius 3 is 2.56 bits per heavy atom. The number of aromatic nitrogens is 2. The second-order valence-corrected chi connectivity index (χ2v) is 6.92. The number of nitrogens with zero attached hydrogens (tertiary/aromatic N) is 2. The number of benzene rings is 1. The van der Waals surface area contributed by atoms with Gasteiger partial charge in [-0.15, -0.1) is 0 Å². The number of imidazole rings is 1. The molecule has 2 heterocycles. The summed E-state index contributed by atoms with van der Waals surface area (Å²) in [5, 5.41) is 2.98. The molecular weight excluding hydrogens is 316 g/mol. The lowest BCUT2D eigenvalue weighted by molar-refractivity contribution is 0.220. The maximum Gasteiger partial charge on any atom is 0.330 e. The number of aromatic amines is 1. The third kappa shape index (κ3) is 2.99. The van der Waals surface area contributed by atoms with Gasteiger partial charge in [-0.1, -0.05) is 18.2 Å². The number of anilines is 1. The first-order valence-electron chi connectivity index (χ1n) is 8.70. The van der Waals surface area contributed by atoms with Crippen molar-refractivity contribution in [1.29, 1.82) is 0 Å². The van der Waals surface area contributed by atoms with E-state index in [-0.39, 0.29) is 11.7 Å². The van der Waals surface area contributed by atoms with Gasteiger partial charge in [0.25, 0.3) is 0 Å². The number of hydrogen-bond donors (Lipinski definition) is 2. The maximum absolute atomic E-state index is 12.6. The highest BCUT2D eigenvalue weighted by atomic mass is 16.2. The van der Waals surface area contributed by atoms with Gasteiger partial charge in [-0.25, -0.2) is 9.59 Å². The third-order valence-electron chi connectivity index (χ3n) is 5.22. The molecule has 0 spiro atoms. The minimum atomic E-state index is -0.183. The van der Waals surface area contributed by atoms with Crippen LogP contribution in [0.1, 0.15) is 18.5 Å². The third-order valence-corrected chi connectivity index (χ3v) is 5.22. The van der Waals surface area contributed by atoms with Crippen molar-refractivity contribution in [2.45, 2.75) is 19.8 Å². The van der Waals surface area contributed by atoms with Crippen LogP contribution in [0.25, 0.3) is 5.69 Å². The van der Waals surface area contributed by atoms with Crippen molar-refractivity contribution in [2.75, 3.05) is 18.4 Å². The van der Waals surface area contributed by atoms with Gasteiger partial charge in [0.2, 0.25) is 0 Å². The number of fused-ring (bicyclic) bond motifs is 1. The highest BCUT2D eigenvalue weighted by Crippen LogP contribution is 2.33. The molecule has 6 heteroatoms. The summed E-state index contributed by atoms with van der Waals surface area (Å²) in [4.78, 5) is 29.1. The zero-order valence-corrected chi connectivity index (χ0v) is 14.2. The summed E-state index contributed by atoms with van der Waals surface area (Å²) in [7, 11) is 0. The lowest BCUT2D eigenvalue weighted by atomic mass is 9.86. The number of likely N-dealkylation sites (tertiary alicyclic amines) is 1. The van der Waals surface area contributed by atoms with E-state index < -0.39 is 0 Å². The molecule has 0 bridgehead atoms. The Hall–Kier alpha value is -2.76. The molecule has 1 aromatic carbocycles. The molecule has 2 aromatic rings. The maximum atomic E-state index is 12.6. The van der Waals surface area contributed by atoms with Crippen LogP contribution < -0.4 is 11.0 Å². The molecule has 2 atom stereocenters. The average molecular weight is 338 g/mol. The van der Waals surface area contributed by atoms with Crippen LogP contribution in [-0.4, -0.2) is 33.6 Å². The van der Waals surface area contributed by atoms with E-state index in [4.69, 9.17) is 0 Å². The van der Waals surface area contributed by atoms with Crippen molar-refractivity contribution in [1.82, 2.24) is 14.5 Å². The zero-order chi connectivity index (χ0) is 17.4. The second kappa shape index (κ2) is 6.27. The first-order valence-corrected chi connectivity index (χ1v) is 8.70. The SMILES string of the molecule is Cc1c[nH]c(=O)n1-c1cccc(NC(=O)N2C[C@H]3CC=CC[C@H]3C2)c1. The van der Waals surface area contributed by atoms with Crippen LogP contribution in [0, 0.1) is 18.8 Å². The summed E-state index contributed by atoms with van der Waals surface area (Å²) in [5.74, 6) is 1.17. The molecule has 6 nitrogen and oxygen atoms in total. The van der Waals surface area contributed by atoms with Gasteiger partial charge in [0.15, 0.2) is 0 Å². The first kappa shape index (κ1) is 15.7. The molecule has 1 aromatic heterocycles. The molecule has 25 heavy (non-hydrogen) atoms. The van der Waals surface area contributed by atoms with Crippen molar-refractivity contribution in [3.8, 4) is 5.69 Å². The van der Waals surface area contributed by atoms with Gasteiger partial charge in [0.1, 0.15) is 0 Å². The molecule has 0 radical (unpaired) electrons. The Morgan fingerprint density at radius 1 is 1.20 bits per heavy atom. The van der Waals surface area contributed by atoms with E-state index in [0.29, 0.717) is 17.5 Å². The fourth-order valence-corrected chi connectivity index (χ4v) is 3.88. The van der Waals surface area contributed by atoms with Crippen LogP contribution in [0.2, 0.25) is 0 Å². The molecule has 130 valence electrons. The van der Waals surface area contributed by atoms with Gasteiger partial charge in [-0.05, 0) is 49.8 Å². The van der Waals surface area contributed by atoms with E-state index in [2.05, 4.69) is 22.5 Å². The largest absolute Gasteiger partial charge is 0.330 e. The number of nitrogens with one attached hydrogen (secondary N) is 2. The van der Waals surface area contributed by atoms with Crippen LogP contribution in [0.3, 0.4) is 0 Å². The number of amides is 2. The van der Waals surface area contributed by atoms with Crippen molar-refractivity contribution < 1.29 is 4.79 Å². The van der Waals surface area contributed by atoms with Crippen molar-refractivity contribution >= 4 is 11.7 Å². The van der Waals surface area contributed by atoms with Crippen LogP contribution >= 0.6 is 0 Å². The van der Waals surface area contributed by atoms with E-state index >= 15 is 0 Å². The normalized spacial score (nSPS) is 22.0. The summed E-state index contributed by atoms with van der Waals surface area (Å²) >= 11 is 0. The summed E-state index contributed by atoms with van der Waals surface area (Å²) < 4.78 is 1.59.